The monoisotopic (exact) mass is 413 g/mol. The summed E-state index contributed by atoms with van der Waals surface area (Å²) in [4.78, 5) is 28.8. The first kappa shape index (κ1) is 21.6. The Morgan fingerprint density at radius 2 is 1.73 bits per heavy atom. The second-order valence-electron chi connectivity index (χ2n) is 7.29. The minimum atomic E-state index is -0.246. The first-order valence-corrected chi connectivity index (χ1v) is 10.3. The van der Waals surface area contributed by atoms with Crippen LogP contribution >= 0.6 is 0 Å². The second-order valence-corrected chi connectivity index (χ2v) is 7.29. The van der Waals surface area contributed by atoms with Gasteiger partial charge >= 0.3 is 0 Å². The van der Waals surface area contributed by atoms with Gasteiger partial charge < -0.3 is 19.9 Å². The van der Waals surface area contributed by atoms with Crippen molar-refractivity contribution in [2.24, 2.45) is 0 Å². The summed E-state index contributed by atoms with van der Waals surface area (Å²) in [5.74, 6) is 0.404. The number of amides is 2. The van der Waals surface area contributed by atoms with Gasteiger partial charge in [0.15, 0.2) is 0 Å². The molecule has 1 aliphatic heterocycles. The van der Waals surface area contributed by atoms with E-state index < -0.39 is 0 Å². The highest BCUT2D eigenvalue weighted by atomic mass is 19.1. The van der Waals surface area contributed by atoms with Crippen molar-refractivity contribution < 1.29 is 18.7 Å². The van der Waals surface area contributed by atoms with Crippen molar-refractivity contribution in [1.82, 2.24) is 10.2 Å². The number of benzene rings is 2. The molecule has 3 rings (SSSR count). The third kappa shape index (κ3) is 5.95. The van der Waals surface area contributed by atoms with E-state index in [0.717, 1.165) is 25.2 Å². The van der Waals surface area contributed by atoms with Gasteiger partial charge in [-0.05, 0) is 61.4 Å². The van der Waals surface area contributed by atoms with Gasteiger partial charge in [0.1, 0.15) is 11.6 Å². The van der Waals surface area contributed by atoms with Gasteiger partial charge in [-0.1, -0.05) is 0 Å². The van der Waals surface area contributed by atoms with E-state index in [4.69, 9.17) is 4.74 Å². The first-order chi connectivity index (χ1) is 14.6. The fourth-order valence-electron chi connectivity index (χ4n) is 3.52. The van der Waals surface area contributed by atoms with Crippen LogP contribution in [0.4, 0.5) is 10.1 Å². The highest BCUT2D eigenvalue weighted by Gasteiger charge is 2.19. The molecule has 0 atom stereocenters. The van der Waals surface area contributed by atoms with Crippen molar-refractivity contribution in [3.63, 3.8) is 0 Å². The molecule has 2 aromatic carbocycles. The van der Waals surface area contributed by atoms with Gasteiger partial charge in [-0.3, -0.25) is 9.59 Å². The number of carbonyl (C=O) groups excluding carboxylic acids is 2. The summed E-state index contributed by atoms with van der Waals surface area (Å²) in [6.45, 7) is 3.38. The fourth-order valence-corrected chi connectivity index (χ4v) is 3.52. The van der Waals surface area contributed by atoms with Crippen molar-refractivity contribution in [2.75, 3.05) is 44.7 Å². The van der Waals surface area contributed by atoms with Crippen LogP contribution in [0.2, 0.25) is 0 Å². The lowest BCUT2D eigenvalue weighted by Crippen LogP contribution is -2.35. The molecule has 1 saturated heterocycles. The molecule has 0 unspecified atom stereocenters. The highest BCUT2D eigenvalue weighted by molar-refractivity contribution is 5.94. The van der Waals surface area contributed by atoms with Gasteiger partial charge in [0.2, 0.25) is 5.91 Å². The Morgan fingerprint density at radius 1 is 1.00 bits per heavy atom. The SMILES string of the molecule is COc1ccc(C(=O)NCCCC(=O)N2CCCN(c3ccc(F)cc3)CC2)cc1. The molecule has 30 heavy (non-hydrogen) atoms. The van der Waals surface area contributed by atoms with Crippen LogP contribution in [0.5, 0.6) is 5.75 Å². The quantitative estimate of drug-likeness (QED) is 0.709. The molecule has 0 bridgehead atoms. The summed E-state index contributed by atoms with van der Waals surface area (Å²) in [5.41, 5.74) is 1.54. The van der Waals surface area contributed by atoms with E-state index in [1.54, 1.807) is 43.5 Å². The topological polar surface area (TPSA) is 61.9 Å². The standard InChI is InChI=1S/C23H28FN3O3/c1-30-21-11-5-18(6-12-21)23(29)25-13-2-4-22(28)27-15-3-14-26(16-17-27)20-9-7-19(24)8-10-20/h5-12H,2-4,13-17H2,1H3,(H,25,29). The van der Waals surface area contributed by atoms with Crippen LogP contribution in [-0.4, -0.2) is 56.5 Å². The van der Waals surface area contributed by atoms with Crippen LogP contribution in [-0.2, 0) is 4.79 Å². The zero-order valence-electron chi connectivity index (χ0n) is 17.3. The fraction of sp³-hybridized carbons (Fsp3) is 0.391. The molecule has 160 valence electrons. The van der Waals surface area contributed by atoms with Crippen molar-refractivity contribution in [3.05, 3.63) is 59.9 Å². The van der Waals surface area contributed by atoms with Crippen LogP contribution in [0.15, 0.2) is 48.5 Å². The molecule has 0 aromatic heterocycles. The second kappa shape index (κ2) is 10.6. The van der Waals surface area contributed by atoms with E-state index in [0.29, 0.717) is 43.8 Å². The molecule has 6 nitrogen and oxygen atoms in total. The molecule has 1 fully saturated rings. The molecule has 1 heterocycles. The summed E-state index contributed by atoms with van der Waals surface area (Å²) >= 11 is 0. The summed E-state index contributed by atoms with van der Waals surface area (Å²) in [6.07, 6.45) is 1.87. The van der Waals surface area contributed by atoms with Gasteiger partial charge in [0.25, 0.3) is 5.91 Å². The number of hydrogen-bond donors (Lipinski definition) is 1. The Morgan fingerprint density at radius 3 is 2.43 bits per heavy atom. The van der Waals surface area contributed by atoms with E-state index in [2.05, 4.69) is 10.2 Å². The third-order valence-electron chi connectivity index (χ3n) is 5.25. The maximum Gasteiger partial charge on any atom is 0.251 e. The summed E-state index contributed by atoms with van der Waals surface area (Å²) in [7, 11) is 1.58. The van der Waals surface area contributed by atoms with Crippen LogP contribution in [0, 0.1) is 5.82 Å². The van der Waals surface area contributed by atoms with Crippen molar-refractivity contribution in [2.45, 2.75) is 19.3 Å². The number of nitrogens with one attached hydrogen (secondary N) is 1. The number of halogens is 1. The smallest absolute Gasteiger partial charge is 0.251 e. The first-order valence-electron chi connectivity index (χ1n) is 10.3. The van der Waals surface area contributed by atoms with Gasteiger partial charge in [-0.25, -0.2) is 4.39 Å². The largest absolute Gasteiger partial charge is 0.497 e. The summed E-state index contributed by atoms with van der Waals surface area (Å²) < 4.78 is 18.2. The Kier molecular flexibility index (Phi) is 7.65. The molecule has 0 aliphatic carbocycles. The maximum absolute atomic E-state index is 13.1. The Balaban J connectivity index is 1.39. The summed E-state index contributed by atoms with van der Waals surface area (Å²) in [5, 5.41) is 2.85. The van der Waals surface area contributed by atoms with Crippen molar-refractivity contribution >= 4 is 17.5 Å². The molecule has 7 heteroatoms. The zero-order valence-corrected chi connectivity index (χ0v) is 17.3. The van der Waals surface area contributed by atoms with Crippen LogP contribution in [0.25, 0.3) is 0 Å². The average Bonchev–Trinajstić information content (AvgIpc) is 3.03. The normalized spacial score (nSPS) is 14.2. The van der Waals surface area contributed by atoms with Gasteiger partial charge in [-0.15, -0.1) is 0 Å². The lowest BCUT2D eigenvalue weighted by atomic mass is 10.2. The van der Waals surface area contributed by atoms with Crippen LogP contribution in [0.1, 0.15) is 29.6 Å². The van der Waals surface area contributed by atoms with E-state index in [9.17, 15) is 14.0 Å². The van der Waals surface area contributed by atoms with E-state index in [1.807, 2.05) is 4.90 Å². The molecule has 2 amide bonds. The van der Waals surface area contributed by atoms with E-state index in [1.165, 1.54) is 12.1 Å². The van der Waals surface area contributed by atoms with E-state index in [-0.39, 0.29) is 17.6 Å². The predicted octanol–water partition coefficient (Wildman–Crippen LogP) is 3.08. The lowest BCUT2D eigenvalue weighted by Gasteiger charge is -2.23. The van der Waals surface area contributed by atoms with Gasteiger partial charge in [0.05, 0.1) is 7.11 Å². The molecule has 1 N–H and O–H groups in total. The molecule has 0 saturated carbocycles. The number of hydrogen-bond acceptors (Lipinski definition) is 4. The predicted molar refractivity (Wildman–Crippen MR) is 114 cm³/mol. The van der Waals surface area contributed by atoms with Crippen LogP contribution < -0.4 is 15.0 Å². The highest BCUT2D eigenvalue weighted by Crippen LogP contribution is 2.17. The van der Waals surface area contributed by atoms with Gasteiger partial charge in [0, 0.05) is 50.4 Å². The third-order valence-corrected chi connectivity index (χ3v) is 5.25. The minimum Gasteiger partial charge on any atom is -0.497 e. The number of ether oxygens (including phenoxy) is 1. The molecular formula is C23H28FN3O3. The molecule has 2 aromatic rings. The number of rotatable bonds is 7. The molecular weight excluding hydrogens is 385 g/mol. The number of methoxy groups -OCH3 is 1. The average molecular weight is 413 g/mol. The van der Waals surface area contributed by atoms with Crippen molar-refractivity contribution in [3.8, 4) is 5.75 Å². The molecule has 1 aliphatic rings. The minimum absolute atomic E-state index is 0.106. The Bertz CT molecular complexity index is 840. The number of carbonyl (C=O) groups is 2. The Labute approximate surface area is 176 Å². The lowest BCUT2D eigenvalue weighted by molar-refractivity contribution is -0.131. The maximum atomic E-state index is 13.1. The van der Waals surface area contributed by atoms with E-state index >= 15 is 0 Å². The zero-order chi connectivity index (χ0) is 21.3. The number of anilines is 1. The number of nitrogens with zero attached hydrogens (tertiary/aromatic N) is 2. The van der Waals surface area contributed by atoms with Crippen molar-refractivity contribution in [1.29, 1.82) is 0 Å². The molecule has 0 radical (unpaired) electrons. The Hall–Kier alpha value is -3.09. The van der Waals surface area contributed by atoms with Crippen LogP contribution in [0.3, 0.4) is 0 Å². The molecule has 0 spiro atoms. The summed E-state index contributed by atoms with van der Waals surface area (Å²) in [6, 6.07) is 13.4. The van der Waals surface area contributed by atoms with Gasteiger partial charge in [-0.2, -0.15) is 0 Å².